The Morgan fingerprint density at radius 1 is 1.03 bits per heavy atom. The molecule has 0 radical (unpaired) electrons. The molecular formula is C21H23N5O5S. The Morgan fingerprint density at radius 2 is 1.72 bits per heavy atom. The van der Waals surface area contributed by atoms with Crippen LogP contribution in [0.25, 0.3) is 5.78 Å². The molecule has 168 valence electrons. The van der Waals surface area contributed by atoms with Crippen molar-refractivity contribution in [2.75, 3.05) is 19.7 Å². The van der Waals surface area contributed by atoms with Gasteiger partial charge in [0.2, 0.25) is 10.0 Å². The molecule has 0 N–H and O–H groups in total. The molecule has 1 aliphatic heterocycles. The standard InChI is InChI=1S/C21H23N5O5S/c1-14-12-15(2)26-21(22-14)23-19(24-26)20(28)31-13-18(27)16-6-8-17(9-7-16)32(29,30)25-10-4-3-5-11-25/h6-9,12H,3-5,10-11,13H2,1-2H3. The van der Waals surface area contributed by atoms with Gasteiger partial charge in [0.25, 0.3) is 11.6 Å². The number of aromatic nitrogens is 4. The molecule has 3 aromatic rings. The van der Waals surface area contributed by atoms with Crippen LogP contribution in [0.2, 0.25) is 0 Å². The normalized spacial score (nSPS) is 15.1. The van der Waals surface area contributed by atoms with Gasteiger partial charge in [0.15, 0.2) is 12.4 Å². The fourth-order valence-electron chi connectivity index (χ4n) is 3.60. The molecule has 32 heavy (non-hydrogen) atoms. The van der Waals surface area contributed by atoms with Crippen LogP contribution in [0.5, 0.6) is 0 Å². The number of Topliss-reactive ketones (excluding diaryl/α,β-unsaturated/α-hetero) is 1. The highest BCUT2D eigenvalue weighted by molar-refractivity contribution is 7.89. The van der Waals surface area contributed by atoms with Crippen LogP contribution in [-0.2, 0) is 14.8 Å². The lowest BCUT2D eigenvalue weighted by atomic mass is 10.1. The zero-order chi connectivity index (χ0) is 22.9. The first-order valence-corrected chi connectivity index (χ1v) is 11.7. The van der Waals surface area contributed by atoms with Crippen LogP contribution in [0.15, 0.2) is 35.2 Å². The molecule has 0 bridgehead atoms. The topological polar surface area (TPSA) is 124 Å². The lowest BCUT2D eigenvalue weighted by molar-refractivity contribution is 0.0463. The van der Waals surface area contributed by atoms with E-state index < -0.39 is 28.4 Å². The molecule has 11 heteroatoms. The third-order valence-electron chi connectivity index (χ3n) is 5.26. The molecule has 0 unspecified atom stereocenters. The number of fused-ring (bicyclic) bond motifs is 1. The number of rotatable bonds is 6. The Morgan fingerprint density at radius 3 is 2.41 bits per heavy atom. The summed E-state index contributed by atoms with van der Waals surface area (Å²) in [4.78, 5) is 33.1. The van der Waals surface area contributed by atoms with E-state index in [1.165, 1.54) is 33.1 Å². The number of benzene rings is 1. The third kappa shape index (κ3) is 4.39. The molecule has 3 heterocycles. The third-order valence-corrected chi connectivity index (χ3v) is 7.18. The highest BCUT2D eigenvalue weighted by atomic mass is 32.2. The van der Waals surface area contributed by atoms with E-state index in [1.54, 1.807) is 13.0 Å². The molecule has 10 nitrogen and oxygen atoms in total. The predicted octanol–water partition coefficient (Wildman–Crippen LogP) is 1.96. The predicted molar refractivity (Wildman–Crippen MR) is 114 cm³/mol. The zero-order valence-corrected chi connectivity index (χ0v) is 18.6. The molecule has 1 aliphatic rings. The minimum atomic E-state index is -3.57. The average Bonchev–Trinajstić information content (AvgIpc) is 3.22. The minimum absolute atomic E-state index is 0.139. The maximum atomic E-state index is 12.7. The van der Waals surface area contributed by atoms with E-state index in [9.17, 15) is 18.0 Å². The second kappa shape index (κ2) is 8.75. The number of sulfonamides is 1. The molecule has 0 atom stereocenters. The van der Waals surface area contributed by atoms with E-state index >= 15 is 0 Å². The number of piperidine rings is 1. The van der Waals surface area contributed by atoms with Crippen LogP contribution in [0, 0.1) is 13.8 Å². The van der Waals surface area contributed by atoms with Gasteiger partial charge in [-0.3, -0.25) is 4.79 Å². The summed E-state index contributed by atoms with van der Waals surface area (Å²) in [5, 5.41) is 4.07. The summed E-state index contributed by atoms with van der Waals surface area (Å²) < 4.78 is 33.4. The number of hydrogen-bond acceptors (Lipinski definition) is 8. The van der Waals surface area contributed by atoms with Gasteiger partial charge in [0.05, 0.1) is 4.90 Å². The Bertz CT molecular complexity index is 1280. The molecule has 2 aromatic heterocycles. The molecule has 0 aliphatic carbocycles. The SMILES string of the molecule is Cc1cc(C)n2nc(C(=O)OCC(=O)c3ccc(S(=O)(=O)N4CCCCC4)cc3)nc2n1. The summed E-state index contributed by atoms with van der Waals surface area (Å²) in [6.45, 7) is 4.11. The van der Waals surface area contributed by atoms with Crippen LogP contribution in [0.3, 0.4) is 0 Å². The van der Waals surface area contributed by atoms with E-state index in [-0.39, 0.29) is 22.1 Å². The maximum absolute atomic E-state index is 12.7. The van der Waals surface area contributed by atoms with Crippen molar-refractivity contribution in [1.29, 1.82) is 0 Å². The van der Waals surface area contributed by atoms with Crippen LogP contribution in [-0.4, -0.2) is 63.8 Å². The van der Waals surface area contributed by atoms with Crippen LogP contribution >= 0.6 is 0 Å². The van der Waals surface area contributed by atoms with Gasteiger partial charge in [-0.05, 0) is 57.0 Å². The molecule has 0 spiro atoms. The van der Waals surface area contributed by atoms with E-state index in [0.29, 0.717) is 13.1 Å². The Hall–Kier alpha value is -3.18. The van der Waals surface area contributed by atoms with Crippen molar-refractivity contribution in [3.63, 3.8) is 0 Å². The summed E-state index contributed by atoms with van der Waals surface area (Å²) in [6.07, 6.45) is 2.72. The number of carbonyl (C=O) groups is 2. The lowest BCUT2D eigenvalue weighted by Crippen LogP contribution is -2.35. The summed E-state index contributed by atoms with van der Waals surface area (Å²) in [5.74, 6) is -1.23. The summed E-state index contributed by atoms with van der Waals surface area (Å²) in [7, 11) is -3.57. The number of ketones is 1. The number of esters is 1. The minimum Gasteiger partial charge on any atom is -0.451 e. The van der Waals surface area contributed by atoms with Crippen molar-refractivity contribution >= 4 is 27.6 Å². The van der Waals surface area contributed by atoms with Crippen LogP contribution in [0.4, 0.5) is 0 Å². The maximum Gasteiger partial charge on any atom is 0.378 e. The Labute approximate surface area is 185 Å². The molecular weight excluding hydrogens is 434 g/mol. The van der Waals surface area contributed by atoms with Crippen LogP contribution in [0.1, 0.15) is 51.6 Å². The smallest absolute Gasteiger partial charge is 0.378 e. The summed E-state index contributed by atoms with van der Waals surface area (Å²) >= 11 is 0. The van der Waals surface area contributed by atoms with Gasteiger partial charge in [-0.25, -0.2) is 22.7 Å². The first-order valence-electron chi connectivity index (χ1n) is 10.3. The van der Waals surface area contributed by atoms with Gasteiger partial charge >= 0.3 is 5.97 Å². The summed E-state index contributed by atoms with van der Waals surface area (Å²) in [6, 6.07) is 7.45. The fourth-order valence-corrected chi connectivity index (χ4v) is 5.12. The number of aryl methyl sites for hydroxylation is 2. The largest absolute Gasteiger partial charge is 0.451 e. The molecule has 1 aromatic carbocycles. The van der Waals surface area contributed by atoms with E-state index in [2.05, 4.69) is 15.1 Å². The van der Waals surface area contributed by atoms with Crippen molar-refractivity contribution < 1.29 is 22.7 Å². The van der Waals surface area contributed by atoms with Crippen molar-refractivity contribution in [2.24, 2.45) is 0 Å². The molecule has 0 saturated carbocycles. The number of ether oxygens (including phenoxy) is 1. The lowest BCUT2D eigenvalue weighted by Gasteiger charge is -2.25. The Kier molecular flexibility index (Phi) is 6.02. The Balaban J connectivity index is 1.41. The van der Waals surface area contributed by atoms with Crippen molar-refractivity contribution in [2.45, 2.75) is 38.0 Å². The highest BCUT2D eigenvalue weighted by Crippen LogP contribution is 2.21. The zero-order valence-electron chi connectivity index (χ0n) is 17.8. The van der Waals surface area contributed by atoms with Crippen molar-refractivity contribution in [1.82, 2.24) is 23.9 Å². The van der Waals surface area contributed by atoms with Gasteiger partial charge in [0, 0.05) is 30.0 Å². The second-order valence-corrected chi connectivity index (χ2v) is 9.61. The quantitative estimate of drug-likeness (QED) is 0.406. The van der Waals surface area contributed by atoms with E-state index in [1.807, 2.05) is 6.92 Å². The first kappa shape index (κ1) is 22.0. The van der Waals surface area contributed by atoms with Crippen molar-refractivity contribution in [3.8, 4) is 0 Å². The second-order valence-electron chi connectivity index (χ2n) is 7.67. The highest BCUT2D eigenvalue weighted by Gasteiger charge is 2.26. The van der Waals surface area contributed by atoms with E-state index in [4.69, 9.17) is 4.74 Å². The number of nitrogens with zero attached hydrogens (tertiary/aromatic N) is 5. The van der Waals surface area contributed by atoms with Gasteiger partial charge in [-0.15, -0.1) is 5.10 Å². The van der Waals surface area contributed by atoms with Gasteiger partial charge in [-0.1, -0.05) is 6.42 Å². The summed E-state index contributed by atoms with van der Waals surface area (Å²) in [5.41, 5.74) is 1.74. The fraction of sp³-hybridized carbons (Fsp3) is 0.381. The van der Waals surface area contributed by atoms with E-state index in [0.717, 1.165) is 30.7 Å². The molecule has 1 saturated heterocycles. The van der Waals surface area contributed by atoms with Gasteiger partial charge in [-0.2, -0.15) is 9.29 Å². The molecule has 4 rings (SSSR count). The van der Waals surface area contributed by atoms with Gasteiger partial charge in [0.1, 0.15) is 0 Å². The number of carbonyl (C=O) groups excluding carboxylic acids is 2. The molecule has 0 amide bonds. The average molecular weight is 458 g/mol. The monoisotopic (exact) mass is 457 g/mol. The number of hydrogen-bond donors (Lipinski definition) is 0. The molecule has 1 fully saturated rings. The van der Waals surface area contributed by atoms with Crippen LogP contribution < -0.4 is 0 Å². The first-order chi connectivity index (χ1) is 15.3. The van der Waals surface area contributed by atoms with Crippen molar-refractivity contribution in [3.05, 3.63) is 53.1 Å². The van der Waals surface area contributed by atoms with Gasteiger partial charge < -0.3 is 4.74 Å².